The SMILES string of the molecule is CCNC(=NCC(O)c1cccc(OC)c1)NCCCN1CCCCC1C. The fourth-order valence-electron chi connectivity index (χ4n) is 3.45. The van der Waals surface area contributed by atoms with Gasteiger partial charge in [-0.05, 0) is 57.4 Å². The molecule has 3 N–H and O–H groups in total. The highest BCUT2D eigenvalue weighted by molar-refractivity contribution is 5.79. The van der Waals surface area contributed by atoms with Crippen LogP contribution in [-0.4, -0.2) is 61.8 Å². The summed E-state index contributed by atoms with van der Waals surface area (Å²) in [6.45, 7) is 8.71. The molecule has 1 fully saturated rings. The molecule has 1 aromatic carbocycles. The van der Waals surface area contributed by atoms with Crippen molar-refractivity contribution in [2.24, 2.45) is 4.99 Å². The number of rotatable bonds is 9. The lowest BCUT2D eigenvalue weighted by Crippen LogP contribution is -2.41. The topological polar surface area (TPSA) is 69.1 Å². The number of likely N-dealkylation sites (tertiary alicyclic amines) is 1. The number of benzene rings is 1. The number of aliphatic imine (C=N–C) groups is 1. The summed E-state index contributed by atoms with van der Waals surface area (Å²) >= 11 is 0. The molecule has 6 nitrogen and oxygen atoms in total. The van der Waals surface area contributed by atoms with Crippen LogP contribution in [0.2, 0.25) is 0 Å². The minimum atomic E-state index is -0.648. The molecule has 0 bridgehead atoms. The summed E-state index contributed by atoms with van der Waals surface area (Å²) in [5, 5.41) is 17.0. The van der Waals surface area contributed by atoms with Gasteiger partial charge < -0.3 is 25.4 Å². The molecule has 0 amide bonds. The highest BCUT2D eigenvalue weighted by Crippen LogP contribution is 2.19. The predicted molar refractivity (Wildman–Crippen MR) is 111 cm³/mol. The summed E-state index contributed by atoms with van der Waals surface area (Å²) in [4.78, 5) is 7.12. The van der Waals surface area contributed by atoms with Gasteiger partial charge in [0, 0.05) is 25.7 Å². The average molecular weight is 377 g/mol. The van der Waals surface area contributed by atoms with Crippen LogP contribution in [-0.2, 0) is 0 Å². The van der Waals surface area contributed by atoms with E-state index in [1.807, 2.05) is 31.2 Å². The molecule has 0 spiro atoms. The zero-order valence-electron chi connectivity index (χ0n) is 17.1. The minimum Gasteiger partial charge on any atom is -0.497 e. The lowest BCUT2D eigenvalue weighted by Gasteiger charge is -2.33. The van der Waals surface area contributed by atoms with Crippen molar-refractivity contribution in [3.05, 3.63) is 29.8 Å². The number of piperidine rings is 1. The van der Waals surface area contributed by atoms with Gasteiger partial charge in [0.25, 0.3) is 0 Å². The monoisotopic (exact) mass is 376 g/mol. The Morgan fingerprint density at radius 1 is 1.37 bits per heavy atom. The number of hydrogen-bond donors (Lipinski definition) is 3. The lowest BCUT2D eigenvalue weighted by atomic mass is 10.0. The number of aliphatic hydroxyl groups is 1. The molecule has 0 aliphatic carbocycles. The van der Waals surface area contributed by atoms with Gasteiger partial charge in [0.1, 0.15) is 5.75 Å². The minimum absolute atomic E-state index is 0.311. The van der Waals surface area contributed by atoms with Gasteiger partial charge in [-0.3, -0.25) is 4.99 Å². The van der Waals surface area contributed by atoms with E-state index in [0.717, 1.165) is 43.3 Å². The summed E-state index contributed by atoms with van der Waals surface area (Å²) in [5.41, 5.74) is 0.813. The highest BCUT2D eigenvalue weighted by atomic mass is 16.5. The Labute approximate surface area is 164 Å². The highest BCUT2D eigenvalue weighted by Gasteiger charge is 2.17. The lowest BCUT2D eigenvalue weighted by molar-refractivity contribution is 0.159. The van der Waals surface area contributed by atoms with Gasteiger partial charge in [-0.25, -0.2) is 0 Å². The second-order valence-electron chi connectivity index (χ2n) is 7.17. The van der Waals surface area contributed by atoms with Crippen molar-refractivity contribution in [3.63, 3.8) is 0 Å². The van der Waals surface area contributed by atoms with E-state index in [0.29, 0.717) is 12.6 Å². The maximum atomic E-state index is 10.4. The molecule has 0 saturated carbocycles. The summed E-state index contributed by atoms with van der Waals surface area (Å²) in [7, 11) is 1.63. The van der Waals surface area contributed by atoms with Crippen molar-refractivity contribution < 1.29 is 9.84 Å². The van der Waals surface area contributed by atoms with Crippen molar-refractivity contribution in [1.82, 2.24) is 15.5 Å². The van der Waals surface area contributed by atoms with Gasteiger partial charge in [-0.15, -0.1) is 0 Å². The molecule has 1 aliphatic heterocycles. The first-order valence-corrected chi connectivity index (χ1v) is 10.2. The van der Waals surface area contributed by atoms with Gasteiger partial charge in [0.2, 0.25) is 0 Å². The average Bonchev–Trinajstić information content (AvgIpc) is 2.70. The Balaban J connectivity index is 1.78. The normalized spacial score (nSPS) is 19.6. The van der Waals surface area contributed by atoms with Crippen LogP contribution in [0, 0.1) is 0 Å². The Bertz CT molecular complexity index is 579. The van der Waals surface area contributed by atoms with E-state index < -0.39 is 6.10 Å². The fraction of sp³-hybridized carbons (Fsp3) is 0.667. The van der Waals surface area contributed by atoms with Crippen LogP contribution < -0.4 is 15.4 Å². The molecule has 6 heteroatoms. The van der Waals surface area contributed by atoms with Crippen molar-refractivity contribution in [2.75, 3.05) is 39.8 Å². The Morgan fingerprint density at radius 2 is 2.22 bits per heavy atom. The predicted octanol–water partition coefficient (Wildman–Crippen LogP) is 2.55. The molecule has 152 valence electrons. The maximum Gasteiger partial charge on any atom is 0.191 e. The zero-order valence-corrected chi connectivity index (χ0v) is 17.1. The third-order valence-corrected chi connectivity index (χ3v) is 5.10. The van der Waals surface area contributed by atoms with Crippen molar-refractivity contribution in [3.8, 4) is 5.75 Å². The molecule has 2 rings (SSSR count). The molecule has 0 radical (unpaired) electrons. The molecular formula is C21H36N4O2. The van der Waals surface area contributed by atoms with Crippen molar-refractivity contribution in [1.29, 1.82) is 0 Å². The zero-order chi connectivity index (χ0) is 19.5. The first-order chi connectivity index (χ1) is 13.1. The number of aliphatic hydroxyl groups excluding tert-OH is 1. The van der Waals surface area contributed by atoms with E-state index in [-0.39, 0.29) is 0 Å². The van der Waals surface area contributed by atoms with Crippen LogP contribution >= 0.6 is 0 Å². The number of methoxy groups -OCH3 is 1. The van der Waals surface area contributed by atoms with Crippen molar-refractivity contribution >= 4 is 5.96 Å². The Hall–Kier alpha value is -1.79. The molecule has 2 atom stereocenters. The number of hydrogen-bond acceptors (Lipinski definition) is 4. The molecule has 1 aromatic rings. The van der Waals surface area contributed by atoms with E-state index >= 15 is 0 Å². The van der Waals surface area contributed by atoms with Crippen LogP contribution in [0.25, 0.3) is 0 Å². The molecule has 1 heterocycles. The second-order valence-corrected chi connectivity index (χ2v) is 7.17. The maximum absolute atomic E-state index is 10.4. The van der Waals surface area contributed by atoms with Gasteiger partial charge in [0.15, 0.2) is 5.96 Å². The third-order valence-electron chi connectivity index (χ3n) is 5.10. The third kappa shape index (κ3) is 7.39. The van der Waals surface area contributed by atoms with Crippen LogP contribution in [0.1, 0.15) is 51.2 Å². The van der Waals surface area contributed by atoms with Gasteiger partial charge >= 0.3 is 0 Å². The van der Waals surface area contributed by atoms with Crippen molar-refractivity contribution in [2.45, 2.75) is 51.7 Å². The number of guanidine groups is 1. The molecule has 27 heavy (non-hydrogen) atoms. The standard InChI is InChI=1S/C21H36N4O2/c1-4-22-21(23-12-8-14-25-13-6-5-9-17(25)2)24-16-20(26)18-10-7-11-19(15-18)27-3/h7,10-11,15,17,20,26H,4-6,8-9,12-14,16H2,1-3H3,(H2,22,23,24). The van der Waals surface area contributed by atoms with Gasteiger partial charge in [-0.2, -0.15) is 0 Å². The van der Waals surface area contributed by atoms with E-state index in [9.17, 15) is 5.11 Å². The largest absolute Gasteiger partial charge is 0.497 e. The van der Waals surface area contributed by atoms with Crippen LogP contribution in [0.4, 0.5) is 0 Å². The van der Waals surface area contributed by atoms with E-state index in [1.54, 1.807) is 7.11 Å². The number of nitrogens with zero attached hydrogens (tertiary/aromatic N) is 2. The quantitative estimate of drug-likeness (QED) is 0.351. The Morgan fingerprint density at radius 3 is 2.96 bits per heavy atom. The molecule has 1 saturated heterocycles. The molecule has 1 aliphatic rings. The van der Waals surface area contributed by atoms with Gasteiger partial charge in [0.05, 0.1) is 19.8 Å². The number of nitrogens with one attached hydrogen (secondary N) is 2. The summed E-state index contributed by atoms with van der Waals surface area (Å²) in [6.07, 6.45) is 4.45. The van der Waals surface area contributed by atoms with Crippen LogP contribution in [0.3, 0.4) is 0 Å². The van der Waals surface area contributed by atoms with E-state index in [2.05, 4.69) is 27.4 Å². The van der Waals surface area contributed by atoms with E-state index in [1.165, 1.54) is 25.8 Å². The fourth-order valence-corrected chi connectivity index (χ4v) is 3.45. The van der Waals surface area contributed by atoms with E-state index in [4.69, 9.17) is 4.74 Å². The Kier molecular flexibility index (Phi) is 9.42. The first kappa shape index (κ1) is 21.5. The van der Waals surface area contributed by atoms with Crippen LogP contribution in [0.5, 0.6) is 5.75 Å². The summed E-state index contributed by atoms with van der Waals surface area (Å²) in [5.74, 6) is 1.50. The summed E-state index contributed by atoms with van der Waals surface area (Å²) < 4.78 is 5.22. The smallest absolute Gasteiger partial charge is 0.191 e. The first-order valence-electron chi connectivity index (χ1n) is 10.2. The second kappa shape index (κ2) is 11.8. The molecule has 0 aromatic heterocycles. The van der Waals surface area contributed by atoms with Crippen LogP contribution in [0.15, 0.2) is 29.3 Å². The number of ether oxygens (including phenoxy) is 1. The molecule has 2 unspecified atom stereocenters. The van der Waals surface area contributed by atoms with Gasteiger partial charge in [-0.1, -0.05) is 18.6 Å². The molecular weight excluding hydrogens is 340 g/mol. The summed E-state index contributed by atoms with van der Waals surface area (Å²) in [6, 6.07) is 8.20.